The summed E-state index contributed by atoms with van der Waals surface area (Å²) >= 11 is 0. The van der Waals surface area contributed by atoms with E-state index in [1.165, 1.54) is 22.3 Å². The lowest BCUT2D eigenvalue weighted by molar-refractivity contribution is 0.660. The number of aromatic nitrogens is 2. The molecule has 6 aromatic carbocycles. The van der Waals surface area contributed by atoms with Crippen LogP contribution in [0.1, 0.15) is 25.0 Å². The predicted molar refractivity (Wildman–Crippen MR) is 198 cm³/mol. The molecule has 4 nitrogen and oxygen atoms in total. The molecule has 3 aromatic heterocycles. The van der Waals surface area contributed by atoms with E-state index >= 15 is 0 Å². The fraction of sp³-hybridized carbons (Fsp3) is 0.0682. The van der Waals surface area contributed by atoms with Crippen molar-refractivity contribution in [2.75, 3.05) is 4.90 Å². The molecule has 0 radical (unpaired) electrons. The Bertz CT molecular complexity index is 2720. The second-order valence-electron chi connectivity index (χ2n) is 13.3. The third kappa shape index (κ3) is 3.80. The Balaban J connectivity index is 1.34. The standard InChI is InChI=1S/C44H31N3O/c1-44(2)36-20-10-8-17-32(36)35-26-31(23-24-37(35)44)47(38-21-12-19-34-33-18-9-11-22-40(33)48-43(34)38)42-39-25-29-15-6-7-16-30(29)27-46(39)45-41(42)28-13-4-3-5-14-28/h3-27H,1-2H3. The fourth-order valence-electron chi connectivity index (χ4n) is 7.87. The van der Waals surface area contributed by atoms with Crippen molar-refractivity contribution in [2.24, 2.45) is 0 Å². The Morgan fingerprint density at radius 3 is 2.25 bits per heavy atom. The molecular weight excluding hydrogens is 587 g/mol. The number of rotatable bonds is 4. The van der Waals surface area contributed by atoms with Crippen LogP contribution in [0.2, 0.25) is 0 Å². The van der Waals surface area contributed by atoms with Crippen molar-refractivity contribution in [3.63, 3.8) is 0 Å². The lowest BCUT2D eigenvalue weighted by Crippen LogP contribution is -2.15. The van der Waals surface area contributed by atoms with E-state index in [4.69, 9.17) is 9.52 Å². The first-order chi connectivity index (χ1) is 23.6. The van der Waals surface area contributed by atoms with E-state index in [0.29, 0.717) is 0 Å². The summed E-state index contributed by atoms with van der Waals surface area (Å²) in [5.41, 5.74) is 12.9. The minimum atomic E-state index is -0.0907. The Morgan fingerprint density at radius 2 is 1.35 bits per heavy atom. The van der Waals surface area contributed by atoms with Crippen LogP contribution in [0, 0.1) is 0 Å². The van der Waals surface area contributed by atoms with Gasteiger partial charge in [0.2, 0.25) is 0 Å². The molecule has 0 spiro atoms. The van der Waals surface area contributed by atoms with E-state index in [-0.39, 0.29) is 5.41 Å². The topological polar surface area (TPSA) is 33.7 Å². The van der Waals surface area contributed by atoms with Crippen molar-refractivity contribution in [3.8, 4) is 22.4 Å². The molecule has 0 atom stereocenters. The zero-order valence-electron chi connectivity index (χ0n) is 26.7. The number of furan rings is 1. The second-order valence-corrected chi connectivity index (χ2v) is 13.3. The molecule has 1 aliphatic rings. The highest BCUT2D eigenvalue weighted by Crippen LogP contribution is 2.52. The van der Waals surface area contributed by atoms with Crippen molar-refractivity contribution in [1.82, 2.24) is 9.61 Å². The van der Waals surface area contributed by atoms with Gasteiger partial charge in [-0.15, -0.1) is 0 Å². The van der Waals surface area contributed by atoms with Crippen molar-refractivity contribution >= 4 is 55.3 Å². The largest absolute Gasteiger partial charge is 0.454 e. The molecule has 48 heavy (non-hydrogen) atoms. The maximum Gasteiger partial charge on any atom is 0.159 e. The average Bonchev–Trinajstić information content (AvgIpc) is 3.76. The molecule has 0 saturated carbocycles. The van der Waals surface area contributed by atoms with Gasteiger partial charge in [-0.2, -0.15) is 5.10 Å². The maximum absolute atomic E-state index is 6.73. The predicted octanol–water partition coefficient (Wildman–Crippen LogP) is 11.8. The highest BCUT2D eigenvalue weighted by molar-refractivity contribution is 6.12. The van der Waals surface area contributed by atoms with Crippen molar-refractivity contribution in [2.45, 2.75) is 19.3 Å². The van der Waals surface area contributed by atoms with Crippen LogP contribution in [0.4, 0.5) is 17.1 Å². The molecule has 0 amide bonds. The van der Waals surface area contributed by atoms with Gasteiger partial charge in [0.1, 0.15) is 17.0 Å². The van der Waals surface area contributed by atoms with Gasteiger partial charge in [0, 0.05) is 39.0 Å². The monoisotopic (exact) mass is 617 g/mol. The van der Waals surface area contributed by atoms with Gasteiger partial charge in [0.05, 0.1) is 11.2 Å². The van der Waals surface area contributed by atoms with Crippen molar-refractivity contribution < 1.29 is 4.42 Å². The Hall–Kier alpha value is -6.13. The van der Waals surface area contributed by atoms with Crippen LogP contribution < -0.4 is 4.90 Å². The van der Waals surface area contributed by atoms with E-state index < -0.39 is 0 Å². The Morgan fingerprint density at radius 1 is 0.625 bits per heavy atom. The summed E-state index contributed by atoms with van der Waals surface area (Å²) in [6.07, 6.45) is 2.14. The van der Waals surface area contributed by atoms with Crippen LogP contribution in [0.25, 0.3) is 60.6 Å². The van der Waals surface area contributed by atoms with Crippen molar-refractivity contribution in [3.05, 3.63) is 163 Å². The summed E-state index contributed by atoms with van der Waals surface area (Å²) in [5.74, 6) is 0. The molecule has 0 N–H and O–H groups in total. The Kier molecular flexibility index (Phi) is 5.59. The molecule has 4 heteroatoms. The van der Waals surface area contributed by atoms with Gasteiger partial charge in [-0.1, -0.05) is 129 Å². The summed E-state index contributed by atoms with van der Waals surface area (Å²) in [7, 11) is 0. The zero-order chi connectivity index (χ0) is 32.0. The molecule has 0 bridgehead atoms. The van der Waals surface area contributed by atoms with Gasteiger partial charge >= 0.3 is 0 Å². The van der Waals surface area contributed by atoms with Gasteiger partial charge in [-0.3, -0.25) is 0 Å². The number of benzene rings is 6. The molecule has 3 heterocycles. The van der Waals surface area contributed by atoms with E-state index in [9.17, 15) is 0 Å². The fourth-order valence-corrected chi connectivity index (χ4v) is 7.87. The number of para-hydroxylation sites is 2. The third-order valence-electron chi connectivity index (χ3n) is 10.2. The summed E-state index contributed by atoms with van der Waals surface area (Å²) < 4.78 is 8.76. The van der Waals surface area contributed by atoms with Crippen molar-refractivity contribution in [1.29, 1.82) is 0 Å². The first kappa shape index (κ1) is 27.0. The van der Waals surface area contributed by atoms with Crippen LogP contribution in [0.3, 0.4) is 0 Å². The van der Waals surface area contributed by atoms with Gasteiger partial charge < -0.3 is 9.32 Å². The molecule has 228 valence electrons. The van der Waals surface area contributed by atoms with Crippen LogP contribution >= 0.6 is 0 Å². The number of anilines is 3. The zero-order valence-corrected chi connectivity index (χ0v) is 26.7. The average molecular weight is 618 g/mol. The number of hydrogen-bond acceptors (Lipinski definition) is 3. The van der Waals surface area contributed by atoms with E-state index in [1.54, 1.807) is 0 Å². The highest BCUT2D eigenvalue weighted by atomic mass is 16.3. The van der Waals surface area contributed by atoms with Gasteiger partial charge in [0.25, 0.3) is 0 Å². The quantitative estimate of drug-likeness (QED) is 0.197. The first-order valence-corrected chi connectivity index (χ1v) is 16.5. The summed E-state index contributed by atoms with van der Waals surface area (Å²) in [6, 6.07) is 51.8. The molecule has 1 aliphatic carbocycles. The minimum Gasteiger partial charge on any atom is -0.454 e. The lowest BCUT2D eigenvalue weighted by Gasteiger charge is -2.27. The number of nitrogens with zero attached hydrogens (tertiary/aromatic N) is 3. The van der Waals surface area contributed by atoms with Gasteiger partial charge in [-0.05, 0) is 58.0 Å². The molecular formula is C44H31N3O. The molecule has 0 fully saturated rings. The highest BCUT2D eigenvalue weighted by Gasteiger charge is 2.36. The normalized spacial score (nSPS) is 13.4. The third-order valence-corrected chi connectivity index (χ3v) is 10.2. The van der Waals surface area contributed by atoms with Crippen LogP contribution in [0.5, 0.6) is 0 Å². The van der Waals surface area contributed by atoms with E-state index in [2.05, 4.69) is 164 Å². The van der Waals surface area contributed by atoms with Gasteiger partial charge in [0.15, 0.2) is 5.58 Å². The molecule has 9 aromatic rings. The van der Waals surface area contributed by atoms with Gasteiger partial charge in [-0.25, -0.2) is 4.52 Å². The van der Waals surface area contributed by atoms with E-state index in [1.807, 2.05) is 10.6 Å². The maximum atomic E-state index is 6.73. The van der Waals surface area contributed by atoms with Crippen LogP contribution in [0.15, 0.2) is 156 Å². The second kappa shape index (κ2) is 9.93. The summed E-state index contributed by atoms with van der Waals surface area (Å²) in [6.45, 7) is 4.66. The SMILES string of the molecule is CC1(C)c2ccccc2-c2cc(N(c3cccc4c3oc3ccccc34)c3c(-c4ccccc4)nn4cc5ccccc5cc34)ccc21. The first-order valence-electron chi connectivity index (χ1n) is 16.5. The van der Waals surface area contributed by atoms with Crippen LogP contribution in [-0.2, 0) is 5.41 Å². The Labute approximate surface area is 278 Å². The minimum absolute atomic E-state index is 0.0907. The molecule has 0 aliphatic heterocycles. The number of pyridine rings is 1. The number of hydrogen-bond donors (Lipinski definition) is 0. The molecule has 10 rings (SSSR count). The lowest BCUT2D eigenvalue weighted by atomic mass is 9.82. The summed E-state index contributed by atoms with van der Waals surface area (Å²) in [4.78, 5) is 2.37. The summed E-state index contributed by atoms with van der Waals surface area (Å²) in [5, 5.41) is 9.80. The molecule has 0 saturated heterocycles. The smallest absolute Gasteiger partial charge is 0.159 e. The molecule has 0 unspecified atom stereocenters. The number of fused-ring (bicyclic) bond motifs is 8. The van der Waals surface area contributed by atoms with E-state index in [0.717, 1.165) is 66.5 Å². The van der Waals surface area contributed by atoms with Crippen LogP contribution in [-0.4, -0.2) is 9.61 Å².